The Balaban J connectivity index is 1.87. The van der Waals surface area contributed by atoms with Gasteiger partial charge in [-0.2, -0.15) is 0 Å². The first-order chi connectivity index (χ1) is 10.0. The van der Waals surface area contributed by atoms with Gasteiger partial charge in [0.2, 0.25) is 0 Å². The van der Waals surface area contributed by atoms with E-state index in [1.165, 1.54) is 5.56 Å². The molecule has 2 N–H and O–H groups in total. The zero-order valence-corrected chi connectivity index (χ0v) is 13.5. The molecule has 21 heavy (non-hydrogen) atoms. The molecule has 0 saturated heterocycles. The maximum atomic E-state index is 12.7. The zero-order valence-electron chi connectivity index (χ0n) is 11.9. The van der Waals surface area contributed by atoms with Gasteiger partial charge in [-0.25, -0.2) is 0 Å². The van der Waals surface area contributed by atoms with E-state index in [1.807, 2.05) is 42.2 Å². The van der Waals surface area contributed by atoms with Gasteiger partial charge in [-0.1, -0.05) is 28.1 Å². The molecule has 0 atom stereocenters. The highest BCUT2D eigenvalue weighted by Gasteiger charge is 2.23. The number of hydrogen-bond acceptors (Lipinski definition) is 2. The summed E-state index contributed by atoms with van der Waals surface area (Å²) in [4.78, 5) is 14.6. The lowest BCUT2D eigenvalue weighted by atomic mass is 9.97. The number of benzene rings is 2. The summed E-state index contributed by atoms with van der Waals surface area (Å²) < 4.78 is 0.938. The summed E-state index contributed by atoms with van der Waals surface area (Å²) in [6.45, 7) is 3.34. The van der Waals surface area contributed by atoms with Crippen molar-refractivity contribution in [3.8, 4) is 0 Å². The Labute approximate surface area is 132 Å². The fourth-order valence-electron chi connectivity index (χ4n) is 2.85. The van der Waals surface area contributed by atoms with Gasteiger partial charge in [0.15, 0.2) is 0 Å². The summed E-state index contributed by atoms with van der Waals surface area (Å²) in [7, 11) is 0. The first-order valence-electron chi connectivity index (χ1n) is 6.97. The summed E-state index contributed by atoms with van der Waals surface area (Å²) in [6.07, 6.45) is 0.820. The number of carbonyl (C=O) groups is 1. The van der Waals surface area contributed by atoms with Gasteiger partial charge in [0, 0.05) is 28.8 Å². The topological polar surface area (TPSA) is 46.3 Å². The molecule has 108 valence electrons. The average molecular weight is 345 g/mol. The van der Waals surface area contributed by atoms with Crippen molar-refractivity contribution in [2.75, 3.05) is 12.3 Å². The van der Waals surface area contributed by atoms with Crippen LogP contribution in [-0.2, 0) is 13.0 Å². The third-order valence-electron chi connectivity index (χ3n) is 3.88. The van der Waals surface area contributed by atoms with Crippen LogP contribution in [0.15, 0.2) is 40.9 Å². The van der Waals surface area contributed by atoms with Crippen molar-refractivity contribution in [1.82, 2.24) is 4.90 Å². The van der Waals surface area contributed by atoms with E-state index >= 15 is 0 Å². The van der Waals surface area contributed by atoms with Gasteiger partial charge in [-0.15, -0.1) is 0 Å². The van der Waals surface area contributed by atoms with Gasteiger partial charge >= 0.3 is 0 Å². The molecule has 0 spiro atoms. The Bertz CT molecular complexity index is 692. The van der Waals surface area contributed by atoms with E-state index in [1.54, 1.807) is 0 Å². The fraction of sp³-hybridized carbons (Fsp3) is 0.235. The number of hydrogen-bond donors (Lipinski definition) is 1. The molecule has 0 fully saturated rings. The number of fused-ring (bicyclic) bond motifs is 1. The van der Waals surface area contributed by atoms with E-state index < -0.39 is 0 Å². The van der Waals surface area contributed by atoms with E-state index in [-0.39, 0.29) is 5.91 Å². The van der Waals surface area contributed by atoms with Crippen LogP contribution in [0.4, 0.5) is 5.69 Å². The predicted molar refractivity (Wildman–Crippen MR) is 88.2 cm³/mol. The Kier molecular flexibility index (Phi) is 3.72. The minimum atomic E-state index is 0.0764. The summed E-state index contributed by atoms with van der Waals surface area (Å²) in [6, 6.07) is 11.7. The molecule has 0 saturated carbocycles. The number of carbonyl (C=O) groups excluding carboxylic acids is 1. The van der Waals surface area contributed by atoms with Crippen LogP contribution in [0.2, 0.25) is 0 Å². The molecule has 0 unspecified atom stereocenters. The Morgan fingerprint density at radius 2 is 2.10 bits per heavy atom. The van der Waals surface area contributed by atoms with Crippen molar-refractivity contribution in [1.29, 1.82) is 0 Å². The first-order valence-corrected chi connectivity index (χ1v) is 7.76. The Hall–Kier alpha value is -1.81. The molecule has 1 heterocycles. The predicted octanol–water partition coefficient (Wildman–Crippen LogP) is 3.54. The summed E-state index contributed by atoms with van der Waals surface area (Å²) in [5, 5.41) is 0. The minimum Gasteiger partial charge on any atom is -0.398 e. The number of rotatable bonds is 1. The molecular weight excluding hydrogens is 328 g/mol. The largest absolute Gasteiger partial charge is 0.398 e. The van der Waals surface area contributed by atoms with Gasteiger partial charge < -0.3 is 10.6 Å². The second kappa shape index (κ2) is 5.53. The third kappa shape index (κ3) is 2.81. The second-order valence-corrected chi connectivity index (χ2v) is 6.39. The summed E-state index contributed by atoms with van der Waals surface area (Å²) in [5.74, 6) is 0.0764. The van der Waals surface area contributed by atoms with E-state index in [2.05, 4.69) is 22.0 Å². The quantitative estimate of drug-likeness (QED) is 0.804. The van der Waals surface area contributed by atoms with Crippen LogP contribution in [0.1, 0.15) is 27.0 Å². The number of nitrogen functional groups attached to an aromatic ring is 1. The number of halogens is 1. The Morgan fingerprint density at radius 1 is 1.29 bits per heavy atom. The van der Waals surface area contributed by atoms with Crippen molar-refractivity contribution < 1.29 is 4.79 Å². The number of anilines is 1. The molecule has 4 heteroatoms. The van der Waals surface area contributed by atoms with Crippen LogP contribution in [0.5, 0.6) is 0 Å². The molecule has 2 aromatic rings. The first kappa shape index (κ1) is 14.1. The van der Waals surface area contributed by atoms with Crippen molar-refractivity contribution >= 4 is 27.5 Å². The second-order valence-electron chi connectivity index (χ2n) is 5.48. The van der Waals surface area contributed by atoms with Crippen molar-refractivity contribution in [2.45, 2.75) is 19.9 Å². The van der Waals surface area contributed by atoms with Crippen LogP contribution in [-0.4, -0.2) is 17.4 Å². The van der Waals surface area contributed by atoms with Crippen LogP contribution in [0.25, 0.3) is 0 Å². The molecule has 2 aromatic carbocycles. The molecule has 1 amide bonds. The highest BCUT2D eigenvalue weighted by Crippen LogP contribution is 2.25. The van der Waals surface area contributed by atoms with Gasteiger partial charge in [-0.05, 0) is 54.3 Å². The third-order valence-corrected chi connectivity index (χ3v) is 4.34. The van der Waals surface area contributed by atoms with Gasteiger partial charge in [0.25, 0.3) is 5.91 Å². The van der Waals surface area contributed by atoms with E-state index in [9.17, 15) is 4.79 Å². The van der Waals surface area contributed by atoms with Crippen LogP contribution >= 0.6 is 15.9 Å². The molecule has 0 radical (unpaired) electrons. The number of nitrogens with two attached hydrogens (primary N) is 1. The zero-order chi connectivity index (χ0) is 15.0. The van der Waals surface area contributed by atoms with E-state index in [4.69, 9.17) is 5.73 Å². The molecule has 3 nitrogen and oxygen atoms in total. The van der Waals surface area contributed by atoms with Gasteiger partial charge in [0.1, 0.15) is 0 Å². The lowest BCUT2D eigenvalue weighted by molar-refractivity contribution is 0.0734. The minimum absolute atomic E-state index is 0.0764. The monoisotopic (exact) mass is 344 g/mol. The fourth-order valence-corrected chi connectivity index (χ4v) is 3.46. The van der Waals surface area contributed by atoms with Crippen LogP contribution < -0.4 is 5.73 Å². The maximum absolute atomic E-state index is 12.7. The SMILES string of the molecule is Cc1cc(Br)cc(C(=O)N2CCc3c(N)cccc3C2)c1. The van der Waals surface area contributed by atoms with E-state index in [0.29, 0.717) is 13.1 Å². The van der Waals surface area contributed by atoms with Gasteiger partial charge in [-0.3, -0.25) is 4.79 Å². The highest BCUT2D eigenvalue weighted by atomic mass is 79.9. The molecule has 3 rings (SSSR count). The summed E-state index contributed by atoms with van der Waals surface area (Å²) >= 11 is 3.45. The molecule has 0 aromatic heterocycles. The smallest absolute Gasteiger partial charge is 0.254 e. The van der Waals surface area contributed by atoms with Crippen molar-refractivity contribution in [3.63, 3.8) is 0 Å². The number of amides is 1. The maximum Gasteiger partial charge on any atom is 0.254 e. The van der Waals surface area contributed by atoms with Crippen molar-refractivity contribution in [3.05, 3.63) is 63.1 Å². The molecular formula is C17H17BrN2O. The summed E-state index contributed by atoms with van der Waals surface area (Å²) in [5.41, 5.74) is 11.0. The number of nitrogens with zero attached hydrogens (tertiary/aromatic N) is 1. The van der Waals surface area contributed by atoms with E-state index in [0.717, 1.165) is 33.3 Å². The average Bonchev–Trinajstić information content (AvgIpc) is 2.45. The van der Waals surface area contributed by atoms with Gasteiger partial charge in [0.05, 0.1) is 0 Å². The molecule has 0 aliphatic carbocycles. The standard InChI is InChI=1S/C17H17BrN2O/c1-11-7-13(9-14(18)8-11)17(21)20-6-5-15-12(10-20)3-2-4-16(15)19/h2-4,7-9H,5-6,10,19H2,1H3. The van der Waals surface area contributed by atoms with Crippen LogP contribution in [0.3, 0.4) is 0 Å². The molecule has 1 aliphatic heterocycles. The highest BCUT2D eigenvalue weighted by molar-refractivity contribution is 9.10. The molecule has 0 bridgehead atoms. The lowest BCUT2D eigenvalue weighted by Gasteiger charge is -2.29. The lowest BCUT2D eigenvalue weighted by Crippen LogP contribution is -2.36. The number of aryl methyl sites for hydroxylation is 1. The van der Waals surface area contributed by atoms with Crippen molar-refractivity contribution in [2.24, 2.45) is 0 Å². The molecule has 1 aliphatic rings. The normalized spacial score (nSPS) is 13.9. The Morgan fingerprint density at radius 3 is 2.86 bits per heavy atom. The van der Waals surface area contributed by atoms with Crippen LogP contribution in [0, 0.1) is 6.92 Å².